The summed E-state index contributed by atoms with van der Waals surface area (Å²) in [6.07, 6.45) is 5.32. The molecule has 0 heterocycles. The predicted octanol–water partition coefficient (Wildman–Crippen LogP) is -0.186. The Labute approximate surface area is 106 Å². The topological polar surface area (TPSA) is 101 Å². The van der Waals surface area contributed by atoms with Crippen molar-refractivity contribution in [3.8, 4) is 0 Å². The molecular weight excluding hydrogens is 258 g/mol. The molecule has 18 heavy (non-hydrogen) atoms. The Balaban J connectivity index is 2.54. The Bertz CT molecular complexity index is 454. The van der Waals surface area contributed by atoms with E-state index in [1.54, 1.807) is 12.2 Å². The maximum atomic E-state index is 11.8. The smallest absolute Gasteiger partial charge is 0.307 e. The standard InChI is InChI=1S/C11H17NO5S/c1-18(16,17)7-6-12-10(13)8-4-2-3-5-9(8)11(14)15/h2-3,8-9H,4-7H2,1H3,(H,12,13)(H,14,15). The molecule has 0 aromatic carbocycles. The predicted molar refractivity (Wildman–Crippen MR) is 65.7 cm³/mol. The molecule has 0 spiro atoms. The van der Waals surface area contributed by atoms with Gasteiger partial charge in [0.15, 0.2) is 0 Å². The Kier molecular flexibility index (Phi) is 4.89. The van der Waals surface area contributed by atoms with Crippen LogP contribution in [0.25, 0.3) is 0 Å². The lowest BCUT2D eigenvalue weighted by molar-refractivity contribution is -0.147. The molecule has 1 amide bonds. The first-order valence-electron chi connectivity index (χ1n) is 5.64. The van der Waals surface area contributed by atoms with Crippen molar-refractivity contribution in [2.24, 2.45) is 11.8 Å². The van der Waals surface area contributed by atoms with Crippen molar-refractivity contribution in [2.45, 2.75) is 12.8 Å². The minimum absolute atomic E-state index is 0.0181. The van der Waals surface area contributed by atoms with Crippen molar-refractivity contribution in [3.63, 3.8) is 0 Å². The van der Waals surface area contributed by atoms with Gasteiger partial charge in [0.05, 0.1) is 17.6 Å². The van der Waals surface area contributed by atoms with Crippen molar-refractivity contribution in [2.75, 3.05) is 18.6 Å². The summed E-state index contributed by atoms with van der Waals surface area (Å²) >= 11 is 0. The fraction of sp³-hybridized carbons (Fsp3) is 0.636. The van der Waals surface area contributed by atoms with E-state index >= 15 is 0 Å². The second kappa shape index (κ2) is 5.99. The third kappa shape index (κ3) is 4.48. The molecule has 0 fully saturated rings. The molecule has 0 aromatic heterocycles. The lowest BCUT2D eigenvalue weighted by atomic mass is 9.82. The summed E-state index contributed by atoms with van der Waals surface area (Å²) in [4.78, 5) is 22.8. The number of rotatable bonds is 5. The van der Waals surface area contributed by atoms with Gasteiger partial charge >= 0.3 is 5.97 Å². The number of carboxylic acid groups (broad SMARTS) is 1. The van der Waals surface area contributed by atoms with Crippen LogP contribution in [-0.4, -0.2) is 44.0 Å². The molecular formula is C11H17NO5S. The van der Waals surface area contributed by atoms with Crippen LogP contribution in [0.2, 0.25) is 0 Å². The number of allylic oxidation sites excluding steroid dienone is 2. The van der Waals surface area contributed by atoms with E-state index in [4.69, 9.17) is 5.11 Å². The van der Waals surface area contributed by atoms with E-state index in [9.17, 15) is 18.0 Å². The quantitative estimate of drug-likeness (QED) is 0.678. The Hall–Kier alpha value is -1.37. The average molecular weight is 275 g/mol. The van der Waals surface area contributed by atoms with E-state index in [2.05, 4.69) is 5.32 Å². The number of hydrogen-bond acceptors (Lipinski definition) is 4. The van der Waals surface area contributed by atoms with Gasteiger partial charge in [-0.2, -0.15) is 0 Å². The highest BCUT2D eigenvalue weighted by atomic mass is 32.2. The molecule has 0 aliphatic heterocycles. The number of amides is 1. The van der Waals surface area contributed by atoms with E-state index in [0.717, 1.165) is 6.26 Å². The summed E-state index contributed by atoms with van der Waals surface area (Å²) in [6.45, 7) is 0.0181. The number of aliphatic carboxylic acids is 1. The van der Waals surface area contributed by atoms with Gasteiger partial charge in [-0.3, -0.25) is 9.59 Å². The molecule has 1 aliphatic rings. The van der Waals surface area contributed by atoms with Gasteiger partial charge in [0.25, 0.3) is 0 Å². The van der Waals surface area contributed by atoms with Gasteiger partial charge in [0.2, 0.25) is 5.91 Å². The summed E-state index contributed by atoms with van der Waals surface area (Å²) in [6, 6.07) is 0. The molecule has 2 N–H and O–H groups in total. The van der Waals surface area contributed by atoms with Crippen LogP contribution in [0.3, 0.4) is 0 Å². The number of carbonyl (C=O) groups excluding carboxylic acids is 1. The van der Waals surface area contributed by atoms with Crippen LogP contribution >= 0.6 is 0 Å². The molecule has 102 valence electrons. The Morgan fingerprint density at radius 3 is 2.33 bits per heavy atom. The van der Waals surface area contributed by atoms with Crippen molar-refractivity contribution < 1.29 is 23.1 Å². The minimum Gasteiger partial charge on any atom is -0.481 e. The molecule has 2 atom stereocenters. The van der Waals surface area contributed by atoms with Crippen LogP contribution in [0, 0.1) is 11.8 Å². The normalized spacial score (nSPS) is 23.6. The van der Waals surface area contributed by atoms with Crippen LogP contribution in [-0.2, 0) is 19.4 Å². The summed E-state index contributed by atoms with van der Waals surface area (Å²) in [7, 11) is -3.13. The third-order valence-corrected chi connectivity index (χ3v) is 3.80. The van der Waals surface area contributed by atoms with Gasteiger partial charge in [0.1, 0.15) is 9.84 Å². The zero-order valence-electron chi connectivity index (χ0n) is 10.1. The van der Waals surface area contributed by atoms with Gasteiger partial charge in [-0.05, 0) is 12.8 Å². The number of sulfone groups is 1. The molecule has 1 rings (SSSR count). The summed E-state index contributed by atoms with van der Waals surface area (Å²) < 4.78 is 21.8. The highest BCUT2D eigenvalue weighted by Crippen LogP contribution is 2.25. The van der Waals surface area contributed by atoms with Gasteiger partial charge in [-0.25, -0.2) is 8.42 Å². The van der Waals surface area contributed by atoms with Crippen LogP contribution < -0.4 is 5.32 Å². The SMILES string of the molecule is CS(=O)(=O)CCNC(=O)C1CC=CCC1C(=O)O. The molecule has 0 radical (unpaired) electrons. The second-order valence-corrected chi connectivity index (χ2v) is 6.67. The van der Waals surface area contributed by atoms with E-state index in [0.29, 0.717) is 12.8 Å². The first-order chi connectivity index (χ1) is 8.31. The average Bonchev–Trinajstić information content (AvgIpc) is 2.27. The van der Waals surface area contributed by atoms with E-state index < -0.39 is 33.5 Å². The van der Waals surface area contributed by atoms with Crippen molar-refractivity contribution in [1.29, 1.82) is 0 Å². The maximum absolute atomic E-state index is 11.8. The number of carboxylic acids is 1. The van der Waals surface area contributed by atoms with Crippen molar-refractivity contribution in [1.82, 2.24) is 5.32 Å². The van der Waals surface area contributed by atoms with E-state index in [-0.39, 0.29) is 12.3 Å². The van der Waals surface area contributed by atoms with Gasteiger partial charge in [0, 0.05) is 12.8 Å². The van der Waals surface area contributed by atoms with Gasteiger partial charge in [-0.15, -0.1) is 0 Å². The van der Waals surface area contributed by atoms with Crippen molar-refractivity contribution >= 4 is 21.7 Å². The van der Waals surface area contributed by atoms with Crippen LogP contribution in [0.1, 0.15) is 12.8 Å². The first kappa shape index (κ1) is 14.7. The Morgan fingerprint density at radius 2 is 1.83 bits per heavy atom. The van der Waals surface area contributed by atoms with Crippen LogP contribution in [0.5, 0.6) is 0 Å². The highest BCUT2D eigenvalue weighted by Gasteiger charge is 2.33. The van der Waals surface area contributed by atoms with Gasteiger partial charge in [-0.1, -0.05) is 12.2 Å². The van der Waals surface area contributed by atoms with Gasteiger partial charge < -0.3 is 10.4 Å². The molecule has 0 saturated heterocycles. The zero-order chi connectivity index (χ0) is 13.8. The van der Waals surface area contributed by atoms with Crippen LogP contribution in [0.4, 0.5) is 0 Å². The summed E-state index contributed by atoms with van der Waals surface area (Å²) in [5.74, 6) is -2.88. The monoisotopic (exact) mass is 275 g/mol. The fourth-order valence-corrected chi connectivity index (χ4v) is 2.34. The molecule has 1 aliphatic carbocycles. The molecule has 0 saturated carbocycles. The molecule has 0 aromatic rings. The first-order valence-corrected chi connectivity index (χ1v) is 7.70. The maximum Gasteiger partial charge on any atom is 0.307 e. The number of carbonyl (C=O) groups is 2. The van der Waals surface area contributed by atoms with Crippen molar-refractivity contribution in [3.05, 3.63) is 12.2 Å². The third-order valence-electron chi connectivity index (χ3n) is 2.86. The fourth-order valence-electron chi connectivity index (χ4n) is 1.87. The minimum atomic E-state index is -3.13. The lowest BCUT2D eigenvalue weighted by Crippen LogP contribution is -2.40. The number of hydrogen-bond donors (Lipinski definition) is 2. The summed E-state index contributed by atoms with van der Waals surface area (Å²) in [5, 5.41) is 11.5. The molecule has 0 bridgehead atoms. The molecule has 2 unspecified atom stereocenters. The lowest BCUT2D eigenvalue weighted by Gasteiger charge is -2.24. The van der Waals surface area contributed by atoms with E-state index in [1.807, 2.05) is 0 Å². The second-order valence-electron chi connectivity index (χ2n) is 4.41. The summed E-state index contributed by atoms with van der Waals surface area (Å²) in [5.41, 5.74) is 0. The highest BCUT2D eigenvalue weighted by molar-refractivity contribution is 7.90. The molecule has 6 nitrogen and oxygen atoms in total. The largest absolute Gasteiger partial charge is 0.481 e. The molecule has 7 heteroatoms. The Morgan fingerprint density at radius 1 is 1.28 bits per heavy atom. The van der Waals surface area contributed by atoms with Crippen LogP contribution in [0.15, 0.2) is 12.2 Å². The van der Waals surface area contributed by atoms with E-state index in [1.165, 1.54) is 0 Å². The zero-order valence-corrected chi connectivity index (χ0v) is 10.9. The number of nitrogens with one attached hydrogen (secondary N) is 1.